The Kier molecular flexibility index (Phi) is 3.39. The van der Waals surface area contributed by atoms with Gasteiger partial charge in [-0.2, -0.15) is 0 Å². The molecule has 8 rings (SSSR count). The first-order chi connectivity index (χ1) is 16.8. The van der Waals surface area contributed by atoms with E-state index in [4.69, 9.17) is 4.98 Å². The Balaban J connectivity index is 1.52. The van der Waals surface area contributed by atoms with E-state index in [0.717, 1.165) is 22.4 Å². The number of rotatable bonds is 1. The number of nitrogens with zero attached hydrogens (tertiary/aromatic N) is 3. The van der Waals surface area contributed by atoms with Gasteiger partial charge in [0.15, 0.2) is 0 Å². The molecule has 3 aromatic heterocycles. The van der Waals surface area contributed by atoms with Gasteiger partial charge in [0.1, 0.15) is 5.65 Å². The SMILES string of the molecule is c1ccc2c(c1)ccc1ccc(-n3c4ccccc4c4cn5c(cc43)nc3ccccc35)cc12. The summed E-state index contributed by atoms with van der Waals surface area (Å²) in [7, 11) is 0. The molecule has 0 bridgehead atoms. The van der Waals surface area contributed by atoms with Crippen molar-refractivity contribution in [3.63, 3.8) is 0 Å². The summed E-state index contributed by atoms with van der Waals surface area (Å²) in [6.45, 7) is 0. The molecule has 0 aliphatic rings. The number of hydrogen-bond donors (Lipinski definition) is 0. The topological polar surface area (TPSA) is 22.2 Å². The number of fused-ring (bicyclic) bond motifs is 9. The maximum atomic E-state index is 4.91. The molecule has 0 atom stereocenters. The Hall–Kier alpha value is -4.63. The molecule has 158 valence electrons. The highest BCUT2D eigenvalue weighted by Crippen LogP contribution is 2.35. The van der Waals surface area contributed by atoms with Crippen molar-refractivity contribution in [2.45, 2.75) is 0 Å². The molecule has 5 aromatic carbocycles. The Morgan fingerprint density at radius 1 is 0.500 bits per heavy atom. The third-order valence-corrected chi connectivity index (χ3v) is 7.09. The summed E-state index contributed by atoms with van der Waals surface area (Å²) in [5.41, 5.74) is 6.65. The van der Waals surface area contributed by atoms with Crippen molar-refractivity contribution in [3.8, 4) is 5.69 Å². The molecule has 3 nitrogen and oxygen atoms in total. The summed E-state index contributed by atoms with van der Waals surface area (Å²) in [5.74, 6) is 0. The molecule has 0 aliphatic carbocycles. The lowest BCUT2D eigenvalue weighted by Gasteiger charge is -2.11. The van der Waals surface area contributed by atoms with Gasteiger partial charge in [-0.05, 0) is 51.9 Å². The van der Waals surface area contributed by atoms with Gasteiger partial charge in [0.2, 0.25) is 0 Å². The highest BCUT2D eigenvalue weighted by molar-refractivity contribution is 6.12. The van der Waals surface area contributed by atoms with Crippen LogP contribution in [0.25, 0.3) is 65.7 Å². The van der Waals surface area contributed by atoms with Gasteiger partial charge in [-0.25, -0.2) is 4.98 Å². The molecule has 0 aliphatic heterocycles. The second-order valence-corrected chi connectivity index (χ2v) is 8.95. The lowest BCUT2D eigenvalue weighted by Crippen LogP contribution is -1.95. The predicted molar refractivity (Wildman–Crippen MR) is 142 cm³/mol. The molecule has 3 heteroatoms. The van der Waals surface area contributed by atoms with Crippen molar-refractivity contribution in [2.75, 3.05) is 0 Å². The van der Waals surface area contributed by atoms with Crippen molar-refractivity contribution in [3.05, 3.63) is 115 Å². The van der Waals surface area contributed by atoms with E-state index in [1.54, 1.807) is 0 Å². The number of pyridine rings is 1. The van der Waals surface area contributed by atoms with Gasteiger partial charge >= 0.3 is 0 Å². The highest BCUT2D eigenvalue weighted by atomic mass is 15.0. The van der Waals surface area contributed by atoms with Crippen LogP contribution in [0, 0.1) is 0 Å². The fourth-order valence-electron chi connectivity index (χ4n) is 5.52. The Morgan fingerprint density at radius 3 is 2.12 bits per heavy atom. The van der Waals surface area contributed by atoms with Crippen LogP contribution in [0.4, 0.5) is 0 Å². The van der Waals surface area contributed by atoms with Crippen molar-refractivity contribution in [2.24, 2.45) is 0 Å². The minimum Gasteiger partial charge on any atom is -0.309 e. The van der Waals surface area contributed by atoms with Crippen molar-refractivity contribution < 1.29 is 0 Å². The zero-order chi connectivity index (χ0) is 22.2. The third-order valence-electron chi connectivity index (χ3n) is 7.09. The van der Waals surface area contributed by atoms with Gasteiger partial charge < -0.3 is 4.57 Å². The van der Waals surface area contributed by atoms with Crippen LogP contribution in [-0.2, 0) is 0 Å². The lowest BCUT2D eigenvalue weighted by molar-refractivity contribution is 1.17. The number of aromatic nitrogens is 3. The van der Waals surface area contributed by atoms with Crippen LogP contribution in [0.5, 0.6) is 0 Å². The first-order valence-electron chi connectivity index (χ1n) is 11.6. The van der Waals surface area contributed by atoms with E-state index >= 15 is 0 Å². The van der Waals surface area contributed by atoms with Crippen molar-refractivity contribution in [1.82, 2.24) is 14.0 Å². The zero-order valence-electron chi connectivity index (χ0n) is 18.3. The minimum atomic E-state index is 0.962. The smallest absolute Gasteiger partial charge is 0.140 e. The lowest BCUT2D eigenvalue weighted by atomic mass is 10.0. The maximum Gasteiger partial charge on any atom is 0.140 e. The number of para-hydroxylation sites is 3. The van der Waals surface area contributed by atoms with E-state index in [1.165, 1.54) is 43.4 Å². The van der Waals surface area contributed by atoms with Gasteiger partial charge in [0.05, 0.1) is 22.1 Å². The largest absolute Gasteiger partial charge is 0.309 e. The summed E-state index contributed by atoms with van der Waals surface area (Å²) < 4.78 is 4.59. The molecule has 0 saturated carbocycles. The van der Waals surface area contributed by atoms with Crippen molar-refractivity contribution >= 4 is 60.0 Å². The average molecular weight is 434 g/mol. The second kappa shape index (κ2) is 6.46. The minimum absolute atomic E-state index is 0.962. The van der Waals surface area contributed by atoms with E-state index in [-0.39, 0.29) is 0 Å². The molecule has 0 fully saturated rings. The molecular weight excluding hydrogens is 414 g/mol. The van der Waals surface area contributed by atoms with Crippen LogP contribution in [0.15, 0.2) is 115 Å². The zero-order valence-corrected chi connectivity index (χ0v) is 18.3. The van der Waals surface area contributed by atoms with Crippen LogP contribution >= 0.6 is 0 Å². The summed E-state index contributed by atoms with van der Waals surface area (Å²) in [6.07, 6.45) is 2.25. The van der Waals surface area contributed by atoms with Crippen LogP contribution in [0.2, 0.25) is 0 Å². The summed E-state index contributed by atoms with van der Waals surface area (Å²) in [5, 5.41) is 7.54. The molecular formula is C31H19N3. The average Bonchev–Trinajstić information content (AvgIpc) is 3.42. The molecule has 0 radical (unpaired) electrons. The molecule has 0 saturated heterocycles. The monoisotopic (exact) mass is 433 g/mol. The normalized spacial score (nSPS) is 12.1. The Labute approximate surface area is 195 Å². The summed E-state index contributed by atoms with van der Waals surface area (Å²) in [6, 6.07) is 39.1. The molecule has 34 heavy (non-hydrogen) atoms. The highest BCUT2D eigenvalue weighted by Gasteiger charge is 2.15. The van der Waals surface area contributed by atoms with Gasteiger partial charge in [0.25, 0.3) is 0 Å². The standard InChI is InChI=1S/C31H19N3/c1-2-8-23-20(7-1)13-14-21-15-16-22(17-25(21)23)34-28-11-5-3-9-24(28)26-19-33-29-12-6-4-10-27(29)32-31(33)18-30(26)34/h1-19H. The predicted octanol–water partition coefficient (Wildman–Crippen LogP) is 7.89. The summed E-state index contributed by atoms with van der Waals surface area (Å²) >= 11 is 0. The van der Waals surface area contributed by atoms with E-state index in [9.17, 15) is 0 Å². The van der Waals surface area contributed by atoms with E-state index in [0.29, 0.717) is 0 Å². The quantitative estimate of drug-likeness (QED) is 0.241. The molecule has 0 N–H and O–H groups in total. The molecule has 3 heterocycles. The fourth-order valence-corrected chi connectivity index (χ4v) is 5.52. The van der Waals surface area contributed by atoms with Crippen LogP contribution < -0.4 is 0 Å². The Morgan fingerprint density at radius 2 is 1.21 bits per heavy atom. The van der Waals surface area contributed by atoms with Crippen LogP contribution in [0.1, 0.15) is 0 Å². The first-order valence-corrected chi connectivity index (χ1v) is 11.6. The maximum absolute atomic E-state index is 4.91. The Bertz CT molecular complexity index is 2070. The molecule has 0 amide bonds. The van der Waals surface area contributed by atoms with Crippen LogP contribution in [-0.4, -0.2) is 14.0 Å². The van der Waals surface area contributed by atoms with Gasteiger partial charge in [0, 0.05) is 28.7 Å². The summed E-state index contributed by atoms with van der Waals surface area (Å²) in [4.78, 5) is 4.91. The van der Waals surface area contributed by atoms with E-state index < -0.39 is 0 Å². The second-order valence-electron chi connectivity index (χ2n) is 8.95. The number of benzene rings is 5. The van der Waals surface area contributed by atoms with E-state index in [2.05, 4.69) is 118 Å². The van der Waals surface area contributed by atoms with Gasteiger partial charge in [-0.15, -0.1) is 0 Å². The van der Waals surface area contributed by atoms with Gasteiger partial charge in [-0.3, -0.25) is 4.40 Å². The number of imidazole rings is 1. The molecule has 0 spiro atoms. The molecule has 0 unspecified atom stereocenters. The van der Waals surface area contributed by atoms with Crippen LogP contribution in [0.3, 0.4) is 0 Å². The fraction of sp³-hybridized carbons (Fsp3) is 0. The van der Waals surface area contributed by atoms with Crippen molar-refractivity contribution in [1.29, 1.82) is 0 Å². The molecule has 8 aromatic rings. The number of hydrogen-bond acceptors (Lipinski definition) is 1. The van der Waals surface area contributed by atoms with Gasteiger partial charge in [-0.1, -0.05) is 72.8 Å². The van der Waals surface area contributed by atoms with E-state index in [1.807, 2.05) is 6.07 Å². The first kappa shape index (κ1) is 17.9. The third kappa shape index (κ3) is 2.33.